The summed E-state index contributed by atoms with van der Waals surface area (Å²) in [6.07, 6.45) is 1.03. The lowest BCUT2D eigenvalue weighted by molar-refractivity contribution is -0.384. The predicted octanol–water partition coefficient (Wildman–Crippen LogP) is 2.50. The van der Waals surface area contributed by atoms with Crippen LogP contribution in [0, 0.1) is 21.4 Å². The monoisotopic (exact) mass is 431 g/mol. The number of piperazine rings is 1. The first kappa shape index (κ1) is 23.5. The van der Waals surface area contributed by atoms with Crippen molar-refractivity contribution in [3.8, 4) is 11.8 Å². The Hall–Kier alpha value is -3.81. The number of methoxy groups -OCH3 is 1. The minimum absolute atomic E-state index is 0.103. The van der Waals surface area contributed by atoms with Crippen LogP contribution in [-0.4, -0.2) is 65.6 Å². The third-order valence-corrected chi connectivity index (χ3v) is 4.29. The molecule has 0 radical (unpaired) electrons. The van der Waals surface area contributed by atoms with Crippen LogP contribution in [0.4, 0.5) is 16.2 Å². The lowest BCUT2D eigenvalue weighted by atomic mass is 10.2. The summed E-state index contributed by atoms with van der Waals surface area (Å²) in [5.41, 5.74) is -0.715. The Bertz CT molecular complexity index is 923. The third kappa shape index (κ3) is 6.60. The highest BCUT2D eigenvalue weighted by Crippen LogP contribution is 2.29. The van der Waals surface area contributed by atoms with Gasteiger partial charge >= 0.3 is 6.09 Å². The number of rotatable bonds is 5. The number of nitro benzene ring substituents is 1. The summed E-state index contributed by atoms with van der Waals surface area (Å²) in [7, 11) is 1.32. The van der Waals surface area contributed by atoms with Crippen LogP contribution in [0.25, 0.3) is 0 Å². The zero-order valence-electron chi connectivity index (χ0n) is 17.9. The SMILES string of the molecule is COc1cc([N+](=O)[O-])ccc1NC(=O)/C(C#N)=C\N1CCN(C(=O)OC(C)(C)C)CC1. The number of non-ortho nitro benzene ring substituents is 1. The molecular formula is C20H25N5O6. The van der Waals surface area contributed by atoms with Gasteiger partial charge in [-0.2, -0.15) is 5.26 Å². The van der Waals surface area contributed by atoms with Crippen molar-refractivity contribution in [2.24, 2.45) is 0 Å². The molecule has 1 aromatic carbocycles. The van der Waals surface area contributed by atoms with Crippen LogP contribution in [0.15, 0.2) is 30.0 Å². The van der Waals surface area contributed by atoms with Crippen molar-refractivity contribution in [2.45, 2.75) is 26.4 Å². The summed E-state index contributed by atoms with van der Waals surface area (Å²) in [6.45, 7) is 7.02. The van der Waals surface area contributed by atoms with Crippen molar-refractivity contribution in [1.29, 1.82) is 5.26 Å². The number of carbonyl (C=O) groups is 2. The molecule has 0 saturated carbocycles. The van der Waals surface area contributed by atoms with Crippen LogP contribution in [0.2, 0.25) is 0 Å². The number of anilines is 1. The number of nitriles is 1. The van der Waals surface area contributed by atoms with Crippen LogP contribution in [0.5, 0.6) is 5.75 Å². The molecule has 1 aliphatic rings. The normalized spacial score (nSPS) is 14.5. The van der Waals surface area contributed by atoms with E-state index in [0.29, 0.717) is 26.2 Å². The molecule has 1 heterocycles. The molecule has 1 N–H and O–H groups in total. The molecule has 0 atom stereocenters. The quantitative estimate of drug-likeness (QED) is 0.325. The molecule has 31 heavy (non-hydrogen) atoms. The van der Waals surface area contributed by atoms with Crippen molar-refractivity contribution in [3.63, 3.8) is 0 Å². The molecule has 2 rings (SSSR count). The molecule has 1 fully saturated rings. The fourth-order valence-electron chi connectivity index (χ4n) is 2.77. The Morgan fingerprint density at radius 3 is 2.42 bits per heavy atom. The number of nitrogens with one attached hydrogen (secondary N) is 1. The van der Waals surface area contributed by atoms with Gasteiger partial charge in [-0.1, -0.05) is 0 Å². The number of benzene rings is 1. The van der Waals surface area contributed by atoms with Gasteiger partial charge in [-0.3, -0.25) is 14.9 Å². The standard InChI is InChI=1S/C20H25N5O6/c1-20(2,3)31-19(27)24-9-7-23(8-10-24)13-14(12-21)18(26)22-16-6-5-15(25(28)29)11-17(16)30-4/h5-6,11,13H,7-10H2,1-4H3,(H,22,26)/b14-13-. The van der Waals surface area contributed by atoms with Gasteiger partial charge in [-0.25, -0.2) is 4.79 Å². The maximum atomic E-state index is 12.5. The smallest absolute Gasteiger partial charge is 0.410 e. The van der Waals surface area contributed by atoms with Gasteiger partial charge in [0.25, 0.3) is 11.6 Å². The fraction of sp³-hybridized carbons (Fsp3) is 0.450. The van der Waals surface area contributed by atoms with E-state index >= 15 is 0 Å². The molecule has 0 spiro atoms. The summed E-state index contributed by atoms with van der Waals surface area (Å²) < 4.78 is 10.4. The van der Waals surface area contributed by atoms with E-state index < -0.39 is 22.5 Å². The number of carbonyl (C=O) groups excluding carboxylic acids is 2. The Morgan fingerprint density at radius 2 is 1.90 bits per heavy atom. The van der Waals surface area contributed by atoms with E-state index in [0.717, 1.165) is 0 Å². The zero-order chi connectivity index (χ0) is 23.2. The molecule has 11 heteroatoms. The molecule has 1 aromatic rings. The lowest BCUT2D eigenvalue weighted by Crippen LogP contribution is -2.48. The fourth-order valence-corrected chi connectivity index (χ4v) is 2.77. The molecule has 1 saturated heterocycles. The molecule has 0 aromatic heterocycles. The largest absolute Gasteiger partial charge is 0.494 e. The second kappa shape index (κ2) is 9.80. The summed E-state index contributed by atoms with van der Waals surface area (Å²) in [4.78, 5) is 38.3. The van der Waals surface area contributed by atoms with Gasteiger partial charge in [0.05, 0.1) is 23.8 Å². The Kier molecular flexibility index (Phi) is 7.42. The number of hydrogen-bond acceptors (Lipinski definition) is 8. The molecule has 166 valence electrons. The molecule has 2 amide bonds. The van der Waals surface area contributed by atoms with E-state index in [1.165, 1.54) is 31.5 Å². The van der Waals surface area contributed by atoms with Gasteiger partial charge in [0, 0.05) is 38.4 Å². The summed E-state index contributed by atoms with van der Waals surface area (Å²) in [5.74, 6) is -0.574. The van der Waals surface area contributed by atoms with Crippen molar-refractivity contribution >= 4 is 23.4 Å². The van der Waals surface area contributed by atoms with Gasteiger partial charge in [-0.15, -0.1) is 0 Å². The van der Waals surface area contributed by atoms with Crippen LogP contribution >= 0.6 is 0 Å². The van der Waals surface area contributed by atoms with Crippen molar-refractivity contribution in [1.82, 2.24) is 9.80 Å². The Morgan fingerprint density at radius 1 is 1.26 bits per heavy atom. The Labute approximate surface area is 180 Å². The van der Waals surface area contributed by atoms with Gasteiger partial charge in [0.1, 0.15) is 23.0 Å². The number of amides is 2. The van der Waals surface area contributed by atoms with E-state index in [4.69, 9.17) is 9.47 Å². The first-order valence-electron chi connectivity index (χ1n) is 9.51. The van der Waals surface area contributed by atoms with E-state index in [1.54, 1.807) is 30.6 Å². The van der Waals surface area contributed by atoms with Crippen LogP contribution in [0.3, 0.4) is 0 Å². The van der Waals surface area contributed by atoms with Gasteiger partial charge in [0.15, 0.2) is 0 Å². The average molecular weight is 431 g/mol. The highest BCUT2D eigenvalue weighted by Gasteiger charge is 2.25. The molecule has 0 bridgehead atoms. The highest BCUT2D eigenvalue weighted by atomic mass is 16.6. The molecule has 0 aliphatic carbocycles. The summed E-state index contributed by atoms with van der Waals surface area (Å²) >= 11 is 0. The maximum absolute atomic E-state index is 12.5. The lowest BCUT2D eigenvalue weighted by Gasteiger charge is -2.35. The van der Waals surface area contributed by atoms with E-state index in [2.05, 4.69) is 5.32 Å². The number of nitro groups is 1. The maximum Gasteiger partial charge on any atom is 0.410 e. The van der Waals surface area contributed by atoms with E-state index in [1.807, 2.05) is 6.07 Å². The van der Waals surface area contributed by atoms with Crippen LogP contribution in [-0.2, 0) is 9.53 Å². The van der Waals surface area contributed by atoms with Crippen molar-refractivity contribution < 1.29 is 24.0 Å². The van der Waals surface area contributed by atoms with Crippen molar-refractivity contribution in [2.75, 3.05) is 38.6 Å². The van der Waals surface area contributed by atoms with Gasteiger partial charge < -0.3 is 24.6 Å². The summed E-state index contributed by atoms with van der Waals surface area (Å²) in [6, 6.07) is 5.60. The number of ether oxygens (including phenoxy) is 2. The van der Waals surface area contributed by atoms with E-state index in [-0.39, 0.29) is 22.7 Å². The first-order valence-corrected chi connectivity index (χ1v) is 9.51. The number of hydrogen-bond donors (Lipinski definition) is 1. The predicted molar refractivity (Wildman–Crippen MR) is 111 cm³/mol. The van der Waals surface area contributed by atoms with Crippen LogP contribution in [0.1, 0.15) is 20.8 Å². The zero-order valence-corrected chi connectivity index (χ0v) is 17.9. The second-order valence-corrected chi connectivity index (χ2v) is 7.75. The van der Waals surface area contributed by atoms with Crippen LogP contribution < -0.4 is 10.1 Å². The second-order valence-electron chi connectivity index (χ2n) is 7.75. The first-order chi connectivity index (χ1) is 14.5. The topological polar surface area (TPSA) is 138 Å². The molecule has 1 aliphatic heterocycles. The van der Waals surface area contributed by atoms with E-state index in [9.17, 15) is 25.0 Å². The Balaban J connectivity index is 2.03. The van der Waals surface area contributed by atoms with Crippen molar-refractivity contribution in [3.05, 3.63) is 40.1 Å². The third-order valence-electron chi connectivity index (χ3n) is 4.29. The minimum Gasteiger partial charge on any atom is -0.494 e. The average Bonchev–Trinajstić information content (AvgIpc) is 2.71. The molecule has 11 nitrogen and oxygen atoms in total. The minimum atomic E-state index is -0.677. The van der Waals surface area contributed by atoms with Gasteiger partial charge in [0.2, 0.25) is 0 Å². The highest BCUT2D eigenvalue weighted by molar-refractivity contribution is 6.07. The molecular weight excluding hydrogens is 406 g/mol. The number of nitrogens with zero attached hydrogens (tertiary/aromatic N) is 4. The molecule has 0 unspecified atom stereocenters. The summed E-state index contributed by atoms with van der Waals surface area (Å²) in [5, 5.41) is 22.8. The van der Waals surface area contributed by atoms with Gasteiger partial charge in [-0.05, 0) is 26.8 Å².